The Balaban J connectivity index is 2.08. The molecule has 1 aromatic heterocycles. The van der Waals surface area contributed by atoms with E-state index in [-0.39, 0.29) is 6.04 Å². The second kappa shape index (κ2) is 8.86. The number of amides is 1. The van der Waals surface area contributed by atoms with E-state index >= 15 is 0 Å². The third-order valence-electron chi connectivity index (χ3n) is 4.00. The van der Waals surface area contributed by atoms with Gasteiger partial charge < -0.3 is 14.8 Å². The molecule has 1 heterocycles. The minimum atomic E-state index is -0.552. The van der Waals surface area contributed by atoms with Gasteiger partial charge in [0.2, 0.25) is 0 Å². The zero-order chi connectivity index (χ0) is 20.0. The Morgan fingerprint density at radius 1 is 1.26 bits per heavy atom. The van der Waals surface area contributed by atoms with Gasteiger partial charge in [0.25, 0.3) is 0 Å². The standard InChI is InChI=1S/C21H29N3O3/c1-14-7-8-16(19(11-14)26-6)12-23-15(2)17-13-22-10-9-18(17)24-20(25)27-21(3,4)5/h7-11,13,15,23H,12H2,1-6H3,(H,22,24,25)/t15-/m1/s1. The number of ether oxygens (including phenoxy) is 2. The first-order chi connectivity index (χ1) is 12.7. The molecule has 0 aliphatic rings. The van der Waals surface area contributed by atoms with Crippen molar-refractivity contribution in [1.82, 2.24) is 10.3 Å². The zero-order valence-electron chi connectivity index (χ0n) is 16.9. The normalized spacial score (nSPS) is 12.4. The number of anilines is 1. The number of hydrogen-bond donors (Lipinski definition) is 2. The summed E-state index contributed by atoms with van der Waals surface area (Å²) < 4.78 is 10.8. The van der Waals surface area contributed by atoms with Crippen LogP contribution in [0.4, 0.5) is 10.5 Å². The molecule has 6 heteroatoms. The molecule has 0 aliphatic heterocycles. The molecule has 1 aromatic carbocycles. The predicted octanol–water partition coefficient (Wildman–Crippen LogP) is 4.60. The number of carbonyl (C=O) groups excluding carboxylic acids is 1. The molecule has 0 bridgehead atoms. The lowest BCUT2D eigenvalue weighted by molar-refractivity contribution is 0.0635. The number of hydrogen-bond acceptors (Lipinski definition) is 5. The fraction of sp³-hybridized carbons (Fsp3) is 0.429. The average Bonchev–Trinajstić information content (AvgIpc) is 2.59. The monoisotopic (exact) mass is 371 g/mol. The maximum Gasteiger partial charge on any atom is 0.412 e. The third-order valence-corrected chi connectivity index (χ3v) is 4.00. The SMILES string of the molecule is COc1cc(C)ccc1CN[C@H](C)c1cnccc1NC(=O)OC(C)(C)C. The second-order valence-electron chi connectivity index (χ2n) is 7.51. The van der Waals surface area contributed by atoms with Crippen LogP contribution in [0.3, 0.4) is 0 Å². The highest BCUT2D eigenvalue weighted by molar-refractivity contribution is 5.85. The molecule has 27 heavy (non-hydrogen) atoms. The van der Waals surface area contributed by atoms with E-state index in [1.54, 1.807) is 25.6 Å². The Bertz CT molecular complexity index is 784. The molecule has 1 amide bonds. The van der Waals surface area contributed by atoms with E-state index in [9.17, 15) is 4.79 Å². The van der Waals surface area contributed by atoms with Crippen LogP contribution in [0.1, 0.15) is 50.4 Å². The lowest BCUT2D eigenvalue weighted by Crippen LogP contribution is -2.28. The van der Waals surface area contributed by atoms with Crippen LogP contribution < -0.4 is 15.4 Å². The lowest BCUT2D eigenvalue weighted by Gasteiger charge is -2.22. The fourth-order valence-corrected chi connectivity index (χ4v) is 2.65. The summed E-state index contributed by atoms with van der Waals surface area (Å²) in [5.41, 5.74) is 3.23. The van der Waals surface area contributed by atoms with Gasteiger partial charge in [-0.05, 0) is 52.3 Å². The number of methoxy groups -OCH3 is 1. The van der Waals surface area contributed by atoms with Crippen molar-refractivity contribution in [2.75, 3.05) is 12.4 Å². The number of nitrogens with one attached hydrogen (secondary N) is 2. The van der Waals surface area contributed by atoms with E-state index in [4.69, 9.17) is 9.47 Å². The van der Waals surface area contributed by atoms with Crippen LogP contribution in [0.25, 0.3) is 0 Å². The largest absolute Gasteiger partial charge is 0.496 e. The van der Waals surface area contributed by atoms with Gasteiger partial charge in [0.15, 0.2) is 0 Å². The third kappa shape index (κ3) is 6.25. The maximum atomic E-state index is 12.1. The molecular weight excluding hydrogens is 342 g/mol. The smallest absolute Gasteiger partial charge is 0.412 e. The van der Waals surface area contributed by atoms with Crippen molar-refractivity contribution in [2.24, 2.45) is 0 Å². The molecule has 0 saturated heterocycles. The number of rotatable bonds is 6. The van der Waals surface area contributed by atoms with Crippen molar-refractivity contribution in [3.05, 3.63) is 53.3 Å². The average molecular weight is 371 g/mol. The number of aromatic nitrogens is 1. The van der Waals surface area contributed by atoms with Crippen molar-refractivity contribution in [1.29, 1.82) is 0 Å². The van der Waals surface area contributed by atoms with E-state index in [1.807, 2.05) is 40.7 Å². The molecular formula is C21H29N3O3. The van der Waals surface area contributed by atoms with E-state index in [0.29, 0.717) is 12.2 Å². The quantitative estimate of drug-likeness (QED) is 0.777. The Kier molecular flexibility index (Phi) is 6.80. The fourth-order valence-electron chi connectivity index (χ4n) is 2.65. The highest BCUT2D eigenvalue weighted by Crippen LogP contribution is 2.25. The molecule has 0 saturated carbocycles. The first-order valence-corrected chi connectivity index (χ1v) is 9.00. The van der Waals surface area contributed by atoms with Gasteiger partial charge in [-0.15, -0.1) is 0 Å². The van der Waals surface area contributed by atoms with Crippen molar-refractivity contribution < 1.29 is 14.3 Å². The molecule has 1 atom stereocenters. The Morgan fingerprint density at radius 3 is 2.67 bits per heavy atom. The highest BCUT2D eigenvalue weighted by Gasteiger charge is 2.18. The molecule has 6 nitrogen and oxygen atoms in total. The van der Waals surface area contributed by atoms with E-state index in [0.717, 1.165) is 22.4 Å². The summed E-state index contributed by atoms with van der Waals surface area (Å²) in [6, 6.07) is 7.86. The van der Waals surface area contributed by atoms with Crippen LogP contribution in [-0.2, 0) is 11.3 Å². The molecule has 146 valence electrons. The van der Waals surface area contributed by atoms with Crippen LogP contribution in [0, 0.1) is 6.92 Å². The van der Waals surface area contributed by atoms with Gasteiger partial charge in [0.05, 0.1) is 12.8 Å². The van der Waals surface area contributed by atoms with Gasteiger partial charge >= 0.3 is 6.09 Å². The summed E-state index contributed by atoms with van der Waals surface area (Å²) >= 11 is 0. The topological polar surface area (TPSA) is 72.5 Å². The van der Waals surface area contributed by atoms with Crippen molar-refractivity contribution in [2.45, 2.75) is 52.8 Å². The molecule has 0 spiro atoms. The Labute approximate surface area is 161 Å². The van der Waals surface area contributed by atoms with Crippen LogP contribution in [0.15, 0.2) is 36.7 Å². The summed E-state index contributed by atoms with van der Waals surface area (Å²) in [5, 5.41) is 6.27. The minimum absolute atomic E-state index is 0.0327. The van der Waals surface area contributed by atoms with Crippen LogP contribution in [-0.4, -0.2) is 23.8 Å². The van der Waals surface area contributed by atoms with Crippen LogP contribution >= 0.6 is 0 Å². The molecule has 0 radical (unpaired) electrons. The Hall–Kier alpha value is -2.60. The van der Waals surface area contributed by atoms with E-state index in [1.165, 1.54) is 0 Å². The molecule has 0 aliphatic carbocycles. The van der Waals surface area contributed by atoms with Crippen molar-refractivity contribution in [3.63, 3.8) is 0 Å². The summed E-state index contributed by atoms with van der Waals surface area (Å²) in [7, 11) is 1.67. The van der Waals surface area contributed by atoms with Gasteiger partial charge in [0, 0.05) is 36.1 Å². The number of pyridine rings is 1. The van der Waals surface area contributed by atoms with Gasteiger partial charge in [-0.1, -0.05) is 12.1 Å². The predicted molar refractivity (Wildman–Crippen MR) is 107 cm³/mol. The van der Waals surface area contributed by atoms with Crippen molar-refractivity contribution in [3.8, 4) is 5.75 Å². The molecule has 2 N–H and O–H groups in total. The highest BCUT2D eigenvalue weighted by atomic mass is 16.6. The number of carbonyl (C=O) groups is 1. The number of nitrogens with zero attached hydrogens (tertiary/aromatic N) is 1. The summed E-state index contributed by atoms with van der Waals surface area (Å²) in [6.45, 7) is 10.2. The van der Waals surface area contributed by atoms with Crippen LogP contribution in [0.2, 0.25) is 0 Å². The summed E-state index contributed by atoms with van der Waals surface area (Å²) in [4.78, 5) is 16.3. The number of benzene rings is 1. The van der Waals surface area contributed by atoms with Gasteiger partial charge in [-0.3, -0.25) is 10.3 Å². The number of aryl methyl sites for hydroxylation is 1. The molecule has 2 aromatic rings. The van der Waals surface area contributed by atoms with Gasteiger partial charge in [-0.25, -0.2) is 4.79 Å². The second-order valence-corrected chi connectivity index (χ2v) is 7.51. The maximum absolute atomic E-state index is 12.1. The molecule has 0 unspecified atom stereocenters. The van der Waals surface area contributed by atoms with Crippen molar-refractivity contribution >= 4 is 11.8 Å². The zero-order valence-corrected chi connectivity index (χ0v) is 16.9. The molecule has 2 rings (SSSR count). The summed E-state index contributed by atoms with van der Waals surface area (Å²) in [6.07, 6.45) is 2.91. The van der Waals surface area contributed by atoms with E-state index in [2.05, 4.69) is 27.8 Å². The lowest BCUT2D eigenvalue weighted by atomic mass is 10.1. The van der Waals surface area contributed by atoms with E-state index < -0.39 is 11.7 Å². The Morgan fingerprint density at radius 2 is 2.00 bits per heavy atom. The minimum Gasteiger partial charge on any atom is -0.496 e. The molecule has 0 fully saturated rings. The van der Waals surface area contributed by atoms with Crippen LogP contribution in [0.5, 0.6) is 5.75 Å². The summed E-state index contributed by atoms with van der Waals surface area (Å²) in [5.74, 6) is 0.855. The van der Waals surface area contributed by atoms with Gasteiger partial charge in [0.1, 0.15) is 11.4 Å². The first-order valence-electron chi connectivity index (χ1n) is 9.00. The van der Waals surface area contributed by atoms with Gasteiger partial charge in [-0.2, -0.15) is 0 Å². The first kappa shape index (κ1) is 20.7.